The molecule has 0 saturated heterocycles. The molecule has 32 heavy (non-hydrogen) atoms. The average molecular weight is 428 g/mol. The third-order valence-electron chi connectivity index (χ3n) is 6.35. The van der Waals surface area contributed by atoms with Gasteiger partial charge in [-0.3, -0.25) is 5.32 Å². The lowest BCUT2D eigenvalue weighted by Gasteiger charge is -2.20. The maximum absolute atomic E-state index is 11.9. The van der Waals surface area contributed by atoms with E-state index in [-0.39, 0.29) is 0 Å². The molecule has 3 aromatic rings. The van der Waals surface area contributed by atoms with E-state index in [0.29, 0.717) is 25.0 Å². The van der Waals surface area contributed by atoms with Crippen LogP contribution in [0.4, 0.5) is 5.82 Å². The average Bonchev–Trinajstić information content (AvgIpc) is 3.17. The minimum atomic E-state index is -0.800. The van der Waals surface area contributed by atoms with Gasteiger partial charge in [0.15, 0.2) is 0 Å². The minimum Gasteiger partial charge on any atom is -0.493 e. The van der Waals surface area contributed by atoms with Crippen LogP contribution in [-0.2, 0) is 30.5 Å². The molecule has 1 aromatic heterocycles. The van der Waals surface area contributed by atoms with Gasteiger partial charge in [-0.15, -0.1) is 0 Å². The van der Waals surface area contributed by atoms with E-state index in [1.165, 1.54) is 22.3 Å². The number of rotatable bonds is 7. The zero-order valence-corrected chi connectivity index (χ0v) is 18.0. The van der Waals surface area contributed by atoms with Crippen molar-refractivity contribution in [2.75, 3.05) is 18.5 Å². The Labute approximate surface area is 187 Å². The van der Waals surface area contributed by atoms with Crippen LogP contribution in [0.15, 0.2) is 66.4 Å². The van der Waals surface area contributed by atoms with Crippen LogP contribution in [0.1, 0.15) is 34.2 Å². The summed E-state index contributed by atoms with van der Waals surface area (Å²) in [5.41, 5.74) is 7.58. The normalized spacial score (nSPS) is 14.2. The van der Waals surface area contributed by atoms with E-state index in [9.17, 15) is 9.90 Å². The molecular weight excluding hydrogens is 400 g/mol. The van der Waals surface area contributed by atoms with Gasteiger partial charge in [-0.25, -0.2) is 9.78 Å². The molecule has 5 rings (SSSR count). The minimum absolute atomic E-state index is 0.527. The Hall–Kier alpha value is -3.60. The third kappa shape index (κ3) is 4.11. The monoisotopic (exact) mass is 427 g/mol. The number of aliphatic carboxylic acids is 1. The van der Waals surface area contributed by atoms with Crippen LogP contribution < -0.4 is 15.0 Å². The van der Waals surface area contributed by atoms with Crippen molar-refractivity contribution in [1.29, 1.82) is 0 Å². The number of aromatic amines is 1. The van der Waals surface area contributed by atoms with Gasteiger partial charge in [0.2, 0.25) is 0 Å². The zero-order chi connectivity index (χ0) is 21.9. The van der Waals surface area contributed by atoms with Crippen molar-refractivity contribution in [3.8, 4) is 5.75 Å². The fraction of sp³-hybridized carbons (Fsp3) is 0.259. The highest BCUT2D eigenvalue weighted by molar-refractivity contribution is 6.01. The van der Waals surface area contributed by atoms with Gasteiger partial charge < -0.3 is 9.84 Å². The predicted molar refractivity (Wildman–Crippen MR) is 124 cm³/mol. The number of nitrogens with one attached hydrogen (secondary N) is 2. The smallest absolute Gasteiger partial charge is 0.332 e. The summed E-state index contributed by atoms with van der Waals surface area (Å²) >= 11 is 0. The number of hydrogen-bond donors (Lipinski definition) is 2. The Morgan fingerprint density at radius 1 is 0.969 bits per heavy atom. The molecule has 5 heteroatoms. The van der Waals surface area contributed by atoms with E-state index in [4.69, 9.17) is 4.74 Å². The van der Waals surface area contributed by atoms with Gasteiger partial charge in [0.05, 0.1) is 19.3 Å². The Morgan fingerprint density at radius 2 is 1.84 bits per heavy atom. The lowest BCUT2D eigenvalue weighted by atomic mass is 9.85. The summed E-state index contributed by atoms with van der Waals surface area (Å²) in [6.07, 6.45) is 5.83. The number of pyridine rings is 1. The van der Waals surface area contributed by atoms with Crippen molar-refractivity contribution >= 4 is 17.4 Å². The highest BCUT2D eigenvalue weighted by atomic mass is 16.5. The molecule has 1 heterocycles. The van der Waals surface area contributed by atoms with E-state index in [0.717, 1.165) is 48.5 Å². The lowest BCUT2D eigenvalue weighted by molar-refractivity contribution is -0.361. The summed E-state index contributed by atoms with van der Waals surface area (Å²) in [5.74, 6) is 1.08. The second-order valence-corrected chi connectivity index (χ2v) is 8.40. The summed E-state index contributed by atoms with van der Waals surface area (Å²) in [4.78, 5) is 15.1. The molecular formula is C27H27N2O3+. The van der Waals surface area contributed by atoms with Gasteiger partial charge in [-0.05, 0) is 70.9 Å². The summed E-state index contributed by atoms with van der Waals surface area (Å²) in [7, 11) is 0. The molecule has 162 valence electrons. The summed E-state index contributed by atoms with van der Waals surface area (Å²) in [6.45, 7) is 1.47. The molecule has 0 amide bonds. The number of benzene rings is 2. The number of aromatic nitrogens is 1. The van der Waals surface area contributed by atoms with Crippen LogP contribution in [0.25, 0.3) is 5.57 Å². The molecule has 0 saturated carbocycles. The van der Waals surface area contributed by atoms with Crippen LogP contribution >= 0.6 is 0 Å². The number of hydrogen-bond acceptors (Lipinski definition) is 3. The molecule has 5 nitrogen and oxygen atoms in total. The molecule has 2 aromatic carbocycles. The second-order valence-electron chi connectivity index (χ2n) is 8.40. The third-order valence-corrected chi connectivity index (χ3v) is 6.35. The Balaban J connectivity index is 1.28. The number of allylic oxidation sites excluding steroid dienone is 1. The van der Waals surface area contributed by atoms with Crippen molar-refractivity contribution < 1.29 is 19.6 Å². The van der Waals surface area contributed by atoms with E-state index in [1.54, 1.807) is 0 Å². The number of anilines is 1. The van der Waals surface area contributed by atoms with Crippen molar-refractivity contribution in [3.63, 3.8) is 0 Å². The molecule has 0 spiro atoms. The molecule has 2 aliphatic rings. The van der Waals surface area contributed by atoms with Crippen LogP contribution in [0, 0.1) is 0 Å². The maximum Gasteiger partial charge on any atom is 0.332 e. The number of carbonyl (C=O) groups is 1. The van der Waals surface area contributed by atoms with Gasteiger partial charge in [-0.2, -0.15) is 0 Å². The van der Waals surface area contributed by atoms with E-state index < -0.39 is 5.97 Å². The van der Waals surface area contributed by atoms with E-state index in [2.05, 4.69) is 40.6 Å². The number of aryl methyl sites for hydroxylation is 2. The maximum atomic E-state index is 11.9. The topological polar surface area (TPSA) is 72.7 Å². The first kappa shape index (κ1) is 20.3. The van der Waals surface area contributed by atoms with Crippen LogP contribution in [0.3, 0.4) is 0 Å². The van der Waals surface area contributed by atoms with E-state index in [1.807, 2.05) is 30.5 Å². The Bertz CT molecular complexity index is 1180. The first-order valence-corrected chi connectivity index (χ1v) is 11.2. The molecule has 3 N–H and O–H groups in total. The van der Waals surface area contributed by atoms with Crippen molar-refractivity contribution in [2.45, 2.75) is 32.1 Å². The van der Waals surface area contributed by atoms with Crippen LogP contribution in [0.5, 0.6) is 5.75 Å². The number of carboxylic acids is 1. The van der Waals surface area contributed by atoms with Crippen molar-refractivity contribution in [2.24, 2.45) is 0 Å². The number of H-pyrrole nitrogens is 1. The lowest BCUT2D eigenvalue weighted by Crippen LogP contribution is -2.14. The Morgan fingerprint density at radius 3 is 2.69 bits per heavy atom. The highest BCUT2D eigenvalue weighted by Gasteiger charge is 2.29. The standard InChI is InChI=1S/C27H26N2O3/c30-27(31)24-17-21-6-3-5-18-8-9-19-15-22(11-10-20(19)16-23(24)26(18)21)32-14-4-13-29-25-7-1-2-12-28-25/h1-3,5-7,10-12,15H,4,8-9,13-14,16-17H2,(H,28,29)(H,30,31)/p+1. The molecule has 0 atom stereocenters. The fourth-order valence-corrected chi connectivity index (χ4v) is 4.79. The highest BCUT2D eigenvalue weighted by Crippen LogP contribution is 2.40. The predicted octanol–water partition coefficient (Wildman–Crippen LogP) is 4.12. The van der Waals surface area contributed by atoms with Gasteiger partial charge >= 0.3 is 5.97 Å². The molecule has 0 bridgehead atoms. The van der Waals surface area contributed by atoms with Gasteiger partial charge in [0.25, 0.3) is 5.82 Å². The summed E-state index contributed by atoms with van der Waals surface area (Å²) < 4.78 is 6.02. The zero-order valence-electron chi connectivity index (χ0n) is 18.0. The van der Waals surface area contributed by atoms with Gasteiger partial charge in [-0.1, -0.05) is 30.3 Å². The van der Waals surface area contributed by atoms with Gasteiger partial charge in [0, 0.05) is 24.5 Å². The first-order chi connectivity index (χ1) is 15.7. The molecule has 0 aliphatic heterocycles. The molecule has 0 fully saturated rings. The van der Waals surface area contributed by atoms with Gasteiger partial charge in [0.1, 0.15) is 5.75 Å². The Kier molecular flexibility index (Phi) is 5.63. The molecule has 0 unspecified atom stereocenters. The van der Waals surface area contributed by atoms with Crippen molar-refractivity contribution in [3.05, 3.63) is 94.2 Å². The van der Waals surface area contributed by atoms with Crippen LogP contribution in [0.2, 0.25) is 0 Å². The first-order valence-electron chi connectivity index (χ1n) is 11.2. The fourth-order valence-electron chi connectivity index (χ4n) is 4.79. The SMILES string of the molecule is O=C(O)C1=C2Cc3ccc(OCCCNc4cccc[nH+]4)cc3CCc3cccc(c32)C1. The number of fused-ring (bicyclic) bond motifs is 1. The van der Waals surface area contributed by atoms with Crippen LogP contribution in [-0.4, -0.2) is 24.2 Å². The number of carboxylic acid groups (broad SMARTS) is 1. The summed E-state index contributed by atoms with van der Waals surface area (Å²) in [6, 6.07) is 18.5. The molecule has 2 aliphatic carbocycles. The quantitative estimate of drug-likeness (QED) is 0.557. The molecule has 0 radical (unpaired) electrons. The van der Waals surface area contributed by atoms with Crippen molar-refractivity contribution in [1.82, 2.24) is 0 Å². The largest absolute Gasteiger partial charge is 0.493 e. The summed E-state index contributed by atoms with van der Waals surface area (Å²) in [5, 5.41) is 13.1. The number of ether oxygens (including phenoxy) is 1. The second kappa shape index (κ2) is 8.87. The van der Waals surface area contributed by atoms with E-state index >= 15 is 0 Å².